The first-order valence-corrected chi connectivity index (χ1v) is 5.08. The second-order valence-electron chi connectivity index (χ2n) is 3.63. The third-order valence-corrected chi connectivity index (χ3v) is 2.53. The molecule has 82 valence electrons. The number of hydrogen-bond donors (Lipinski definition) is 1. The van der Waals surface area contributed by atoms with Crippen molar-refractivity contribution in [3.05, 3.63) is 42.1 Å². The van der Waals surface area contributed by atoms with Gasteiger partial charge in [0.25, 0.3) is 0 Å². The van der Waals surface area contributed by atoms with Crippen molar-refractivity contribution in [3.63, 3.8) is 0 Å². The normalized spacial score (nSPS) is 10.1. The Hall–Kier alpha value is -2.03. The predicted molar refractivity (Wildman–Crippen MR) is 65.4 cm³/mol. The molecule has 0 aliphatic carbocycles. The van der Waals surface area contributed by atoms with Crippen LogP contribution in [0.1, 0.15) is 5.56 Å². The minimum absolute atomic E-state index is 0.770. The number of rotatable bonds is 2. The Morgan fingerprint density at radius 1 is 1.25 bits per heavy atom. The van der Waals surface area contributed by atoms with Crippen molar-refractivity contribution in [2.45, 2.75) is 6.92 Å². The first kappa shape index (κ1) is 10.5. The molecule has 2 rings (SSSR count). The molecule has 0 fully saturated rings. The summed E-state index contributed by atoms with van der Waals surface area (Å²) in [7, 11) is 1.64. The van der Waals surface area contributed by atoms with E-state index in [4.69, 9.17) is 10.5 Å². The summed E-state index contributed by atoms with van der Waals surface area (Å²) in [5, 5.41) is 0. The van der Waals surface area contributed by atoms with E-state index in [-0.39, 0.29) is 0 Å². The van der Waals surface area contributed by atoms with E-state index in [0.717, 1.165) is 28.3 Å². The fraction of sp³-hybridized carbons (Fsp3) is 0.154. The number of aromatic nitrogens is 1. The number of aryl methyl sites for hydroxylation is 1. The first-order valence-electron chi connectivity index (χ1n) is 5.08. The topological polar surface area (TPSA) is 48.1 Å². The van der Waals surface area contributed by atoms with Crippen LogP contribution in [0.5, 0.6) is 5.75 Å². The molecule has 16 heavy (non-hydrogen) atoms. The van der Waals surface area contributed by atoms with Gasteiger partial charge in [0.2, 0.25) is 0 Å². The fourth-order valence-corrected chi connectivity index (χ4v) is 1.60. The number of nitrogens with two attached hydrogens (primary N) is 1. The Labute approximate surface area is 94.9 Å². The summed E-state index contributed by atoms with van der Waals surface area (Å²) in [6, 6.07) is 9.60. The van der Waals surface area contributed by atoms with Crippen LogP contribution in [0.3, 0.4) is 0 Å². The molecule has 0 atom stereocenters. The average Bonchev–Trinajstić information content (AvgIpc) is 2.32. The number of ether oxygens (including phenoxy) is 1. The van der Waals surface area contributed by atoms with Gasteiger partial charge in [-0.2, -0.15) is 0 Å². The van der Waals surface area contributed by atoms with E-state index in [2.05, 4.69) is 4.98 Å². The van der Waals surface area contributed by atoms with Crippen LogP contribution in [-0.2, 0) is 0 Å². The second-order valence-corrected chi connectivity index (χ2v) is 3.63. The maximum atomic E-state index is 5.79. The summed E-state index contributed by atoms with van der Waals surface area (Å²) in [5.74, 6) is 0.770. The van der Waals surface area contributed by atoms with E-state index in [9.17, 15) is 0 Å². The van der Waals surface area contributed by atoms with Gasteiger partial charge in [0.05, 0.1) is 7.11 Å². The molecule has 0 aliphatic heterocycles. The quantitative estimate of drug-likeness (QED) is 0.782. The van der Waals surface area contributed by atoms with Crippen LogP contribution in [-0.4, -0.2) is 12.1 Å². The Morgan fingerprint density at radius 2 is 2.06 bits per heavy atom. The summed E-state index contributed by atoms with van der Waals surface area (Å²) in [5.41, 5.74) is 9.48. The average molecular weight is 214 g/mol. The molecule has 2 N–H and O–H groups in total. The number of methoxy groups -OCH3 is 1. The van der Waals surface area contributed by atoms with Gasteiger partial charge in [0, 0.05) is 17.4 Å². The van der Waals surface area contributed by atoms with Crippen molar-refractivity contribution in [2.24, 2.45) is 0 Å². The lowest BCUT2D eigenvalue weighted by Gasteiger charge is -2.08. The van der Waals surface area contributed by atoms with E-state index in [1.165, 1.54) is 0 Å². The van der Waals surface area contributed by atoms with Crippen LogP contribution in [0, 0.1) is 6.92 Å². The molecule has 0 saturated carbocycles. The highest BCUT2D eigenvalue weighted by atomic mass is 16.5. The third kappa shape index (κ3) is 1.84. The minimum atomic E-state index is 0.770. The number of pyridine rings is 1. The van der Waals surface area contributed by atoms with Crippen molar-refractivity contribution in [1.82, 2.24) is 4.98 Å². The SMILES string of the molecule is COc1cccnc1-c1ccc(N)c(C)c1. The molecule has 0 spiro atoms. The Morgan fingerprint density at radius 3 is 2.75 bits per heavy atom. The predicted octanol–water partition coefficient (Wildman–Crippen LogP) is 2.65. The van der Waals surface area contributed by atoms with Crippen molar-refractivity contribution in [2.75, 3.05) is 12.8 Å². The highest BCUT2D eigenvalue weighted by molar-refractivity contribution is 5.69. The largest absolute Gasteiger partial charge is 0.494 e. The number of nitrogens with zero attached hydrogens (tertiary/aromatic N) is 1. The molecule has 0 aliphatic rings. The van der Waals surface area contributed by atoms with Gasteiger partial charge >= 0.3 is 0 Å². The minimum Gasteiger partial charge on any atom is -0.494 e. The van der Waals surface area contributed by atoms with Crippen LogP contribution in [0.25, 0.3) is 11.3 Å². The van der Waals surface area contributed by atoms with Gasteiger partial charge in [-0.25, -0.2) is 0 Å². The van der Waals surface area contributed by atoms with E-state index in [0.29, 0.717) is 0 Å². The summed E-state index contributed by atoms with van der Waals surface area (Å²) < 4.78 is 5.28. The van der Waals surface area contributed by atoms with Gasteiger partial charge in [-0.05, 0) is 36.8 Å². The number of anilines is 1. The van der Waals surface area contributed by atoms with Gasteiger partial charge in [-0.15, -0.1) is 0 Å². The summed E-state index contributed by atoms with van der Waals surface area (Å²) in [4.78, 5) is 4.32. The van der Waals surface area contributed by atoms with Crippen LogP contribution in [0.15, 0.2) is 36.5 Å². The summed E-state index contributed by atoms with van der Waals surface area (Å²) in [6.45, 7) is 1.98. The van der Waals surface area contributed by atoms with Crippen molar-refractivity contribution in [3.8, 4) is 17.0 Å². The molecule has 0 amide bonds. The first-order chi connectivity index (χ1) is 7.72. The molecule has 0 unspecified atom stereocenters. The molecule has 1 heterocycles. The second kappa shape index (κ2) is 4.23. The van der Waals surface area contributed by atoms with E-state index >= 15 is 0 Å². The highest BCUT2D eigenvalue weighted by Gasteiger charge is 2.07. The highest BCUT2D eigenvalue weighted by Crippen LogP contribution is 2.28. The van der Waals surface area contributed by atoms with Crippen LogP contribution < -0.4 is 10.5 Å². The maximum absolute atomic E-state index is 5.79. The van der Waals surface area contributed by atoms with Gasteiger partial charge in [-0.1, -0.05) is 6.07 Å². The van der Waals surface area contributed by atoms with E-state index < -0.39 is 0 Å². The van der Waals surface area contributed by atoms with E-state index in [1.54, 1.807) is 13.3 Å². The Balaban J connectivity index is 2.54. The zero-order chi connectivity index (χ0) is 11.5. The van der Waals surface area contributed by atoms with Crippen LogP contribution >= 0.6 is 0 Å². The van der Waals surface area contributed by atoms with Gasteiger partial charge in [0.1, 0.15) is 11.4 Å². The van der Waals surface area contributed by atoms with Crippen LogP contribution in [0.4, 0.5) is 5.69 Å². The standard InChI is InChI=1S/C13H14N2O/c1-9-8-10(5-6-11(9)14)13-12(16-2)4-3-7-15-13/h3-8H,14H2,1-2H3. The zero-order valence-electron chi connectivity index (χ0n) is 9.40. The van der Waals surface area contributed by atoms with E-state index in [1.807, 2.05) is 37.3 Å². The summed E-state index contributed by atoms with van der Waals surface area (Å²) in [6.07, 6.45) is 1.75. The lowest BCUT2D eigenvalue weighted by atomic mass is 10.1. The molecule has 1 aromatic carbocycles. The van der Waals surface area contributed by atoms with Gasteiger partial charge in [0.15, 0.2) is 0 Å². The maximum Gasteiger partial charge on any atom is 0.145 e. The molecule has 0 bridgehead atoms. The molecular formula is C13H14N2O. The zero-order valence-corrected chi connectivity index (χ0v) is 9.40. The smallest absolute Gasteiger partial charge is 0.145 e. The third-order valence-electron chi connectivity index (χ3n) is 2.53. The lowest BCUT2D eigenvalue weighted by Crippen LogP contribution is -1.93. The van der Waals surface area contributed by atoms with Crippen LogP contribution in [0.2, 0.25) is 0 Å². The van der Waals surface area contributed by atoms with Crippen molar-refractivity contribution >= 4 is 5.69 Å². The number of hydrogen-bond acceptors (Lipinski definition) is 3. The molecule has 0 saturated heterocycles. The Bertz CT molecular complexity index is 509. The monoisotopic (exact) mass is 214 g/mol. The molecular weight excluding hydrogens is 200 g/mol. The molecule has 0 radical (unpaired) electrons. The number of benzene rings is 1. The van der Waals surface area contributed by atoms with Crippen molar-refractivity contribution < 1.29 is 4.74 Å². The fourth-order valence-electron chi connectivity index (χ4n) is 1.60. The molecule has 1 aromatic heterocycles. The molecule has 3 nitrogen and oxygen atoms in total. The van der Waals surface area contributed by atoms with Crippen molar-refractivity contribution in [1.29, 1.82) is 0 Å². The lowest BCUT2D eigenvalue weighted by molar-refractivity contribution is 0.415. The molecule has 2 aromatic rings. The van der Waals surface area contributed by atoms with Gasteiger partial charge < -0.3 is 10.5 Å². The Kier molecular flexibility index (Phi) is 2.77. The van der Waals surface area contributed by atoms with Gasteiger partial charge in [-0.3, -0.25) is 4.98 Å². The molecule has 3 heteroatoms. The summed E-state index contributed by atoms with van der Waals surface area (Å²) >= 11 is 0. The number of nitrogen functional groups attached to an aromatic ring is 1.